The fourth-order valence-corrected chi connectivity index (χ4v) is 2.84. The number of carbonyl (C=O) groups is 1. The summed E-state index contributed by atoms with van der Waals surface area (Å²) in [5.41, 5.74) is 1.89. The second-order valence-electron chi connectivity index (χ2n) is 6.06. The summed E-state index contributed by atoms with van der Waals surface area (Å²) in [5.74, 6) is 1.33. The van der Waals surface area contributed by atoms with E-state index in [0.29, 0.717) is 5.92 Å². The van der Waals surface area contributed by atoms with E-state index in [1.807, 2.05) is 37.3 Å². The van der Waals surface area contributed by atoms with E-state index < -0.39 is 0 Å². The van der Waals surface area contributed by atoms with Gasteiger partial charge in [-0.3, -0.25) is 4.79 Å². The van der Waals surface area contributed by atoms with Gasteiger partial charge >= 0.3 is 0 Å². The number of anilines is 1. The van der Waals surface area contributed by atoms with E-state index in [2.05, 4.69) is 20.2 Å². The average molecular weight is 310 g/mol. The number of nitrogens with zero attached hydrogens (tertiary/aromatic N) is 3. The molecule has 2 heterocycles. The Morgan fingerprint density at radius 2 is 1.83 bits per heavy atom. The molecule has 0 bridgehead atoms. The Hall–Kier alpha value is -2.43. The van der Waals surface area contributed by atoms with Crippen molar-refractivity contribution in [2.75, 3.05) is 24.5 Å². The van der Waals surface area contributed by atoms with Crippen molar-refractivity contribution >= 4 is 11.9 Å². The van der Waals surface area contributed by atoms with Crippen molar-refractivity contribution < 1.29 is 4.79 Å². The van der Waals surface area contributed by atoms with Crippen molar-refractivity contribution in [3.8, 4) is 0 Å². The zero-order valence-corrected chi connectivity index (χ0v) is 13.4. The smallest absolute Gasteiger partial charge is 0.251 e. The van der Waals surface area contributed by atoms with E-state index in [-0.39, 0.29) is 5.91 Å². The molecule has 1 aromatic carbocycles. The van der Waals surface area contributed by atoms with Crippen LogP contribution in [0.25, 0.3) is 0 Å². The van der Waals surface area contributed by atoms with Crippen molar-refractivity contribution in [1.82, 2.24) is 15.3 Å². The van der Waals surface area contributed by atoms with E-state index >= 15 is 0 Å². The van der Waals surface area contributed by atoms with Crippen LogP contribution in [-0.2, 0) is 0 Å². The number of piperidine rings is 1. The predicted octanol–water partition coefficient (Wildman–Crippen LogP) is 2.43. The first-order valence-corrected chi connectivity index (χ1v) is 8.09. The average Bonchev–Trinajstić information content (AvgIpc) is 2.61. The van der Waals surface area contributed by atoms with E-state index in [1.54, 1.807) is 12.4 Å². The summed E-state index contributed by atoms with van der Waals surface area (Å²) in [6.07, 6.45) is 5.64. The fourth-order valence-electron chi connectivity index (χ4n) is 2.84. The zero-order valence-electron chi connectivity index (χ0n) is 13.4. The van der Waals surface area contributed by atoms with Gasteiger partial charge in [0.2, 0.25) is 5.95 Å². The summed E-state index contributed by atoms with van der Waals surface area (Å²) in [7, 11) is 0. The number of hydrogen-bond acceptors (Lipinski definition) is 4. The highest BCUT2D eigenvalue weighted by molar-refractivity contribution is 5.94. The van der Waals surface area contributed by atoms with Crippen LogP contribution in [0.5, 0.6) is 0 Å². The number of aromatic nitrogens is 2. The minimum Gasteiger partial charge on any atom is -0.352 e. The molecule has 3 rings (SSSR count). The fraction of sp³-hybridized carbons (Fsp3) is 0.389. The van der Waals surface area contributed by atoms with Crippen molar-refractivity contribution in [2.24, 2.45) is 5.92 Å². The van der Waals surface area contributed by atoms with Crippen LogP contribution in [0.15, 0.2) is 42.7 Å². The first-order chi connectivity index (χ1) is 11.2. The molecule has 1 aromatic heterocycles. The van der Waals surface area contributed by atoms with Crippen LogP contribution < -0.4 is 10.2 Å². The Morgan fingerprint density at radius 1 is 1.17 bits per heavy atom. The van der Waals surface area contributed by atoms with Gasteiger partial charge < -0.3 is 10.2 Å². The van der Waals surface area contributed by atoms with Crippen LogP contribution in [0.3, 0.4) is 0 Å². The quantitative estimate of drug-likeness (QED) is 0.942. The Labute approximate surface area is 136 Å². The molecule has 0 unspecified atom stereocenters. The molecule has 0 atom stereocenters. The highest BCUT2D eigenvalue weighted by Crippen LogP contribution is 2.19. The largest absolute Gasteiger partial charge is 0.352 e. The lowest BCUT2D eigenvalue weighted by atomic mass is 9.97. The molecule has 0 saturated carbocycles. The molecule has 1 fully saturated rings. The van der Waals surface area contributed by atoms with E-state index in [9.17, 15) is 4.79 Å². The van der Waals surface area contributed by atoms with Gasteiger partial charge in [0.1, 0.15) is 0 Å². The summed E-state index contributed by atoms with van der Waals surface area (Å²) in [6.45, 7) is 4.63. The SMILES string of the molecule is Cc1ccc(C(=O)NCC2CCN(c3ncccn3)CC2)cc1. The first-order valence-electron chi connectivity index (χ1n) is 8.09. The van der Waals surface area contributed by atoms with Gasteiger partial charge in [-0.2, -0.15) is 0 Å². The molecule has 1 amide bonds. The molecule has 1 aliphatic heterocycles. The molecule has 0 spiro atoms. The molecule has 1 N–H and O–H groups in total. The molecule has 120 valence electrons. The lowest BCUT2D eigenvalue weighted by Gasteiger charge is -2.31. The molecule has 5 nitrogen and oxygen atoms in total. The van der Waals surface area contributed by atoms with Crippen LogP contribution in [0.1, 0.15) is 28.8 Å². The molecule has 1 aliphatic rings. The van der Waals surface area contributed by atoms with Gasteiger partial charge in [0.05, 0.1) is 0 Å². The number of rotatable bonds is 4. The highest BCUT2D eigenvalue weighted by Gasteiger charge is 2.21. The van der Waals surface area contributed by atoms with E-state index in [4.69, 9.17) is 0 Å². The second-order valence-corrected chi connectivity index (χ2v) is 6.06. The molecule has 23 heavy (non-hydrogen) atoms. The maximum atomic E-state index is 12.1. The summed E-state index contributed by atoms with van der Waals surface area (Å²) < 4.78 is 0. The van der Waals surface area contributed by atoms with Crippen molar-refractivity contribution in [3.63, 3.8) is 0 Å². The third-order valence-corrected chi connectivity index (χ3v) is 4.31. The second kappa shape index (κ2) is 7.22. The number of hydrogen-bond donors (Lipinski definition) is 1. The van der Waals surface area contributed by atoms with E-state index in [1.165, 1.54) is 0 Å². The number of carbonyl (C=O) groups excluding carboxylic acids is 1. The summed E-state index contributed by atoms with van der Waals surface area (Å²) in [5, 5.41) is 3.05. The van der Waals surface area contributed by atoms with Crippen LogP contribution in [0.4, 0.5) is 5.95 Å². The normalized spacial score (nSPS) is 15.4. The molecule has 2 aromatic rings. The number of nitrogens with one attached hydrogen (secondary N) is 1. The maximum Gasteiger partial charge on any atom is 0.251 e. The van der Waals surface area contributed by atoms with Crippen LogP contribution >= 0.6 is 0 Å². The lowest BCUT2D eigenvalue weighted by Crippen LogP contribution is -2.39. The topological polar surface area (TPSA) is 58.1 Å². The van der Waals surface area contributed by atoms with Crippen LogP contribution in [0, 0.1) is 12.8 Å². The van der Waals surface area contributed by atoms with Crippen LogP contribution in [-0.4, -0.2) is 35.5 Å². The van der Waals surface area contributed by atoms with Gasteiger partial charge in [-0.25, -0.2) is 9.97 Å². The molecular weight excluding hydrogens is 288 g/mol. The summed E-state index contributed by atoms with van der Waals surface area (Å²) in [4.78, 5) is 22.9. The lowest BCUT2D eigenvalue weighted by molar-refractivity contribution is 0.0945. The van der Waals surface area contributed by atoms with Crippen molar-refractivity contribution in [3.05, 3.63) is 53.9 Å². The number of amides is 1. The van der Waals surface area contributed by atoms with Gasteiger partial charge in [-0.15, -0.1) is 0 Å². The van der Waals surface area contributed by atoms with Gasteiger partial charge in [0.15, 0.2) is 0 Å². The monoisotopic (exact) mass is 310 g/mol. The third-order valence-electron chi connectivity index (χ3n) is 4.31. The third kappa shape index (κ3) is 4.06. The number of aryl methyl sites for hydroxylation is 1. The standard InChI is InChI=1S/C18H22N4O/c1-14-3-5-16(6-4-14)17(23)21-13-15-7-11-22(12-8-15)18-19-9-2-10-20-18/h2-6,9-10,15H,7-8,11-13H2,1H3,(H,21,23). The molecule has 1 saturated heterocycles. The summed E-state index contributed by atoms with van der Waals surface area (Å²) in [6, 6.07) is 9.51. The zero-order chi connectivity index (χ0) is 16.1. The maximum absolute atomic E-state index is 12.1. The molecule has 5 heteroatoms. The highest BCUT2D eigenvalue weighted by atomic mass is 16.1. The first kappa shape index (κ1) is 15.5. The minimum absolute atomic E-state index is 0.0128. The Kier molecular flexibility index (Phi) is 4.86. The Balaban J connectivity index is 1.46. The molecule has 0 aliphatic carbocycles. The molecular formula is C18H22N4O. The minimum atomic E-state index is 0.0128. The van der Waals surface area contributed by atoms with Gasteiger partial charge in [-0.05, 0) is 43.9 Å². The molecule has 0 radical (unpaired) electrons. The van der Waals surface area contributed by atoms with Crippen molar-refractivity contribution in [1.29, 1.82) is 0 Å². The van der Waals surface area contributed by atoms with Crippen LogP contribution in [0.2, 0.25) is 0 Å². The number of benzene rings is 1. The van der Waals surface area contributed by atoms with Gasteiger partial charge in [-0.1, -0.05) is 17.7 Å². The Bertz CT molecular complexity index is 634. The summed E-state index contributed by atoms with van der Waals surface area (Å²) >= 11 is 0. The predicted molar refractivity (Wildman–Crippen MR) is 90.5 cm³/mol. The van der Waals surface area contributed by atoms with Gasteiger partial charge in [0.25, 0.3) is 5.91 Å². The Morgan fingerprint density at radius 3 is 2.48 bits per heavy atom. The van der Waals surface area contributed by atoms with Crippen molar-refractivity contribution in [2.45, 2.75) is 19.8 Å². The van der Waals surface area contributed by atoms with E-state index in [0.717, 1.165) is 49.6 Å². The van der Waals surface area contributed by atoms with Gasteiger partial charge in [0, 0.05) is 37.6 Å².